The number of hydrogen-bond donors (Lipinski definition) is 1. The summed E-state index contributed by atoms with van der Waals surface area (Å²) in [5, 5.41) is 5.00. The van der Waals surface area contributed by atoms with Gasteiger partial charge < -0.3 is 10.1 Å². The lowest BCUT2D eigenvalue weighted by atomic mass is 10.1. The van der Waals surface area contributed by atoms with Crippen LogP contribution >= 0.6 is 0 Å². The van der Waals surface area contributed by atoms with E-state index in [4.69, 9.17) is 4.74 Å². The standard InChI is InChI=1S/C23H26N2O4S/c1-3-22(25(30(2,27)28)20-11-5-4-6-12-20)23(26)24-15-16-29-21-14-13-18-9-7-8-10-19(18)17-21/h4-14,17,22H,3,15-16H2,1-2H3,(H,24,26)/t22-/m0/s1. The molecule has 0 saturated heterocycles. The molecule has 0 fully saturated rings. The van der Waals surface area contributed by atoms with Gasteiger partial charge in [0.05, 0.1) is 18.5 Å². The molecule has 1 amide bonds. The van der Waals surface area contributed by atoms with Gasteiger partial charge in [-0.25, -0.2) is 8.42 Å². The van der Waals surface area contributed by atoms with E-state index in [1.165, 1.54) is 4.31 Å². The molecule has 0 aromatic heterocycles. The molecule has 0 heterocycles. The Morgan fingerprint density at radius 2 is 1.67 bits per heavy atom. The molecule has 0 aliphatic carbocycles. The van der Waals surface area contributed by atoms with Crippen molar-refractivity contribution in [2.24, 2.45) is 0 Å². The van der Waals surface area contributed by atoms with Gasteiger partial charge in [-0.2, -0.15) is 0 Å². The lowest BCUT2D eigenvalue weighted by Gasteiger charge is -2.30. The molecule has 158 valence electrons. The van der Waals surface area contributed by atoms with Gasteiger partial charge in [0.2, 0.25) is 15.9 Å². The molecule has 0 bridgehead atoms. The summed E-state index contributed by atoms with van der Waals surface area (Å²) < 4.78 is 31.7. The van der Waals surface area contributed by atoms with Crippen LogP contribution in [0, 0.1) is 0 Å². The summed E-state index contributed by atoms with van der Waals surface area (Å²) in [6, 6.07) is 21.6. The van der Waals surface area contributed by atoms with Gasteiger partial charge in [-0.15, -0.1) is 0 Å². The molecule has 0 aliphatic heterocycles. The molecule has 1 atom stereocenters. The number of para-hydroxylation sites is 1. The van der Waals surface area contributed by atoms with E-state index in [2.05, 4.69) is 5.32 Å². The topological polar surface area (TPSA) is 75.7 Å². The van der Waals surface area contributed by atoms with Gasteiger partial charge in [-0.3, -0.25) is 9.10 Å². The first kappa shape index (κ1) is 21.6. The number of nitrogens with zero attached hydrogens (tertiary/aromatic N) is 1. The van der Waals surface area contributed by atoms with Crippen LogP contribution in [0.2, 0.25) is 0 Å². The van der Waals surface area contributed by atoms with Crippen LogP contribution in [0.25, 0.3) is 10.8 Å². The quantitative estimate of drug-likeness (QED) is 0.531. The zero-order valence-electron chi connectivity index (χ0n) is 17.1. The Kier molecular flexibility index (Phi) is 6.95. The molecular formula is C23H26N2O4S. The summed E-state index contributed by atoms with van der Waals surface area (Å²) in [4.78, 5) is 12.7. The molecule has 0 unspecified atom stereocenters. The Hall–Kier alpha value is -3.06. The zero-order valence-corrected chi connectivity index (χ0v) is 17.9. The van der Waals surface area contributed by atoms with Gasteiger partial charge >= 0.3 is 0 Å². The first-order chi connectivity index (χ1) is 14.4. The lowest BCUT2D eigenvalue weighted by Crippen LogP contribution is -2.49. The molecule has 3 aromatic rings. The average Bonchev–Trinajstić information content (AvgIpc) is 2.74. The SMILES string of the molecule is CC[C@@H](C(=O)NCCOc1ccc2ccccc2c1)N(c1ccccc1)S(C)(=O)=O. The molecular weight excluding hydrogens is 400 g/mol. The first-order valence-electron chi connectivity index (χ1n) is 9.84. The van der Waals surface area contributed by atoms with Crippen molar-refractivity contribution in [2.75, 3.05) is 23.7 Å². The number of rotatable bonds is 9. The van der Waals surface area contributed by atoms with E-state index in [-0.39, 0.29) is 19.1 Å². The smallest absolute Gasteiger partial charge is 0.244 e. The van der Waals surface area contributed by atoms with Crippen LogP contribution in [0.3, 0.4) is 0 Å². The van der Waals surface area contributed by atoms with Crippen molar-refractivity contribution in [1.82, 2.24) is 5.32 Å². The van der Waals surface area contributed by atoms with Crippen molar-refractivity contribution in [3.63, 3.8) is 0 Å². The minimum absolute atomic E-state index is 0.272. The maximum Gasteiger partial charge on any atom is 0.244 e. The van der Waals surface area contributed by atoms with Gasteiger partial charge in [0.1, 0.15) is 18.4 Å². The van der Waals surface area contributed by atoms with Gasteiger partial charge in [0, 0.05) is 0 Å². The van der Waals surface area contributed by atoms with Crippen molar-refractivity contribution in [3.8, 4) is 5.75 Å². The number of hydrogen-bond acceptors (Lipinski definition) is 4. The summed E-state index contributed by atoms with van der Waals surface area (Å²) in [5.74, 6) is 0.367. The number of carbonyl (C=O) groups excluding carboxylic acids is 1. The van der Waals surface area contributed by atoms with Gasteiger partial charge in [-0.1, -0.05) is 55.5 Å². The molecule has 3 aromatic carbocycles. The number of benzene rings is 3. The van der Waals surface area contributed by atoms with Crippen molar-refractivity contribution < 1.29 is 17.9 Å². The molecule has 30 heavy (non-hydrogen) atoms. The fourth-order valence-corrected chi connectivity index (χ4v) is 4.57. The highest BCUT2D eigenvalue weighted by Gasteiger charge is 2.31. The molecule has 0 aliphatic rings. The Balaban J connectivity index is 1.61. The monoisotopic (exact) mass is 426 g/mol. The average molecular weight is 427 g/mol. The molecule has 3 rings (SSSR count). The predicted octanol–water partition coefficient (Wildman–Crippen LogP) is 3.58. The highest BCUT2D eigenvalue weighted by atomic mass is 32.2. The summed E-state index contributed by atoms with van der Waals surface area (Å²) in [7, 11) is -3.63. The van der Waals surface area contributed by atoms with Crippen LogP contribution in [0.15, 0.2) is 72.8 Å². The second kappa shape index (κ2) is 9.63. The van der Waals surface area contributed by atoms with E-state index >= 15 is 0 Å². The van der Waals surface area contributed by atoms with Gasteiger partial charge in [0.15, 0.2) is 0 Å². The Morgan fingerprint density at radius 3 is 2.33 bits per heavy atom. The van der Waals surface area contributed by atoms with Crippen LogP contribution in [0.4, 0.5) is 5.69 Å². The first-order valence-corrected chi connectivity index (χ1v) is 11.7. The fourth-order valence-electron chi connectivity index (χ4n) is 3.35. The largest absolute Gasteiger partial charge is 0.492 e. The van der Waals surface area contributed by atoms with Crippen molar-refractivity contribution in [1.29, 1.82) is 0 Å². The Morgan fingerprint density at radius 1 is 1.00 bits per heavy atom. The number of amides is 1. The zero-order chi connectivity index (χ0) is 21.6. The number of ether oxygens (including phenoxy) is 1. The third-order valence-corrected chi connectivity index (χ3v) is 5.91. The minimum Gasteiger partial charge on any atom is -0.492 e. The van der Waals surface area contributed by atoms with Crippen LogP contribution in [0.1, 0.15) is 13.3 Å². The molecule has 6 nitrogen and oxygen atoms in total. The number of fused-ring (bicyclic) bond motifs is 1. The molecule has 0 spiro atoms. The van der Waals surface area contributed by atoms with Crippen LogP contribution < -0.4 is 14.4 Å². The summed E-state index contributed by atoms with van der Waals surface area (Å²) in [6.45, 7) is 2.34. The fraction of sp³-hybridized carbons (Fsp3) is 0.261. The lowest BCUT2D eigenvalue weighted by molar-refractivity contribution is -0.122. The van der Waals surface area contributed by atoms with Gasteiger partial charge in [0.25, 0.3) is 0 Å². The third-order valence-electron chi connectivity index (χ3n) is 4.73. The summed E-state index contributed by atoms with van der Waals surface area (Å²) >= 11 is 0. The number of anilines is 1. The summed E-state index contributed by atoms with van der Waals surface area (Å²) in [5.41, 5.74) is 0.467. The van der Waals surface area contributed by atoms with Crippen LogP contribution in [-0.4, -0.2) is 39.8 Å². The second-order valence-electron chi connectivity index (χ2n) is 6.97. The number of nitrogens with one attached hydrogen (secondary N) is 1. The number of sulfonamides is 1. The highest BCUT2D eigenvalue weighted by Crippen LogP contribution is 2.22. The molecule has 1 N–H and O–H groups in total. The molecule has 0 radical (unpaired) electrons. The Bertz CT molecular complexity index is 1100. The van der Waals surface area contributed by atoms with Crippen molar-refractivity contribution >= 4 is 32.4 Å². The minimum atomic E-state index is -3.63. The van der Waals surface area contributed by atoms with E-state index in [1.807, 2.05) is 42.5 Å². The van der Waals surface area contributed by atoms with Crippen LogP contribution in [-0.2, 0) is 14.8 Å². The van der Waals surface area contributed by atoms with Crippen molar-refractivity contribution in [3.05, 3.63) is 72.8 Å². The van der Waals surface area contributed by atoms with E-state index in [9.17, 15) is 13.2 Å². The molecule has 0 saturated carbocycles. The molecule has 7 heteroatoms. The summed E-state index contributed by atoms with van der Waals surface area (Å²) in [6.07, 6.45) is 1.46. The maximum atomic E-state index is 12.7. The van der Waals surface area contributed by atoms with E-state index in [0.29, 0.717) is 12.1 Å². The van der Waals surface area contributed by atoms with Crippen LogP contribution in [0.5, 0.6) is 5.75 Å². The van der Waals surface area contributed by atoms with E-state index in [0.717, 1.165) is 22.8 Å². The highest BCUT2D eigenvalue weighted by molar-refractivity contribution is 7.92. The maximum absolute atomic E-state index is 12.7. The Labute approximate surface area is 177 Å². The third kappa shape index (κ3) is 5.30. The van der Waals surface area contributed by atoms with E-state index < -0.39 is 16.1 Å². The van der Waals surface area contributed by atoms with Gasteiger partial charge in [-0.05, 0) is 41.5 Å². The van der Waals surface area contributed by atoms with Crippen molar-refractivity contribution in [2.45, 2.75) is 19.4 Å². The van der Waals surface area contributed by atoms with E-state index in [1.54, 1.807) is 37.3 Å². The second-order valence-corrected chi connectivity index (χ2v) is 8.83. The number of carbonyl (C=O) groups is 1. The predicted molar refractivity (Wildman–Crippen MR) is 120 cm³/mol. The normalized spacial score (nSPS) is 12.3.